The van der Waals surface area contributed by atoms with Crippen LogP contribution in [0.4, 0.5) is 4.79 Å². The van der Waals surface area contributed by atoms with Crippen LogP contribution in [-0.2, 0) is 22.5 Å². The highest BCUT2D eigenvalue weighted by molar-refractivity contribution is 6.31. The first kappa shape index (κ1) is 26.3. The Morgan fingerprint density at radius 2 is 2.03 bits per heavy atom. The largest absolute Gasteiger partial charge is 0.372 e. The summed E-state index contributed by atoms with van der Waals surface area (Å²) in [6.45, 7) is 6.38. The summed E-state index contributed by atoms with van der Waals surface area (Å²) in [5.74, 6) is -0.169. The van der Waals surface area contributed by atoms with Crippen LogP contribution in [0.5, 0.6) is 0 Å². The van der Waals surface area contributed by atoms with Crippen molar-refractivity contribution in [2.45, 2.75) is 45.4 Å². The molecule has 1 N–H and O–H groups in total. The van der Waals surface area contributed by atoms with Crippen molar-refractivity contribution in [2.24, 2.45) is 0 Å². The Hall–Kier alpha value is -2.72. The van der Waals surface area contributed by atoms with Gasteiger partial charge in [0.1, 0.15) is 6.33 Å². The van der Waals surface area contributed by atoms with Crippen LogP contribution in [0, 0.1) is 6.92 Å². The van der Waals surface area contributed by atoms with E-state index in [1.165, 1.54) is 11.2 Å². The summed E-state index contributed by atoms with van der Waals surface area (Å²) in [5.41, 5.74) is 5.47. The maximum absolute atomic E-state index is 12.5. The van der Waals surface area contributed by atoms with Gasteiger partial charge in [-0.2, -0.15) is 5.10 Å². The van der Waals surface area contributed by atoms with Crippen LogP contribution in [-0.4, -0.2) is 75.2 Å². The third-order valence-corrected chi connectivity index (χ3v) is 6.89. The average Bonchev–Trinajstić information content (AvgIpc) is 3.24. The van der Waals surface area contributed by atoms with Crippen LogP contribution in [0.1, 0.15) is 30.0 Å². The Kier molecular flexibility index (Phi) is 7.85. The molecule has 36 heavy (non-hydrogen) atoms. The standard InChI is InChI=1S/C25H29ClN6O3.ClH/c1-15-6-18(26)8-21(20(15)9-19-11-27-10-16(2)35-19)24-22-7-17(13-32(22)29-14-28-24)12-31-23(33)4-5-30(3)25(31)34;/h6-8,13-14,16,19,27H,4-5,9-12H2,1-3H3;1H/t16-,19?;/m0./s1. The molecular weight excluding hydrogens is 503 g/mol. The first-order valence-corrected chi connectivity index (χ1v) is 12.2. The van der Waals surface area contributed by atoms with Gasteiger partial charge in [-0.05, 0) is 48.7 Å². The number of urea groups is 1. The minimum absolute atomic E-state index is 0. The third-order valence-electron chi connectivity index (χ3n) is 6.68. The van der Waals surface area contributed by atoms with Crippen LogP contribution < -0.4 is 5.32 Å². The molecule has 1 aromatic carbocycles. The zero-order valence-electron chi connectivity index (χ0n) is 20.5. The smallest absolute Gasteiger partial charge is 0.326 e. The second-order valence-electron chi connectivity index (χ2n) is 9.40. The first-order valence-electron chi connectivity index (χ1n) is 11.8. The lowest BCUT2D eigenvalue weighted by molar-refractivity contribution is -0.131. The van der Waals surface area contributed by atoms with E-state index in [9.17, 15) is 9.59 Å². The number of hydrogen-bond donors (Lipinski definition) is 1. The molecule has 0 radical (unpaired) electrons. The number of morpholine rings is 1. The minimum Gasteiger partial charge on any atom is -0.372 e. The van der Waals surface area contributed by atoms with Crippen molar-refractivity contribution >= 4 is 41.5 Å². The third kappa shape index (κ3) is 5.20. The monoisotopic (exact) mass is 532 g/mol. The zero-order valence-corrected chi connectivity index (χ0v) is 22.1. The molecule has 3 amide bonds. The van der Waals surface area contributed by atoms with E-state index in [1.54, 1.807) is 16.5 Å². The van der Waals surface area contributed by atoms with Crippen molar-refractivity contribution in [1.82, 2.24) is 29.7 Å². The number of benzene rings is 1. The Labute approximate surface area is 221 Å². The van der Waals surface area contributed by atoms with Crippen LogP contribution >= 0.6 is 24.0 Å². The lowest BCUT2D eigenvalue weighted by atomic mass is 9.93. The number of ether oxygens (including phenoxy) is 1. The second kappa shape index (κ2) is 10.7. The Balaban J connectivity index is 0.00000304. The fourth-order valence-electron chi connectivity index (χ4n) is 4.90. The van der Waals surface area contributed by atoms with E-state index in [-0.39, 0.29) is 43.1 Å². The van der Waals surface area contributed by atoms with Gasteiger partial charge in [-0.15, -0.1) is 12.4 Å². The Bertz CT molecular complexity index is 1300. The minimum atomic E-state index is -0.286. The molecule has 0 aliphatic carbocycles. The molecule has 0 bridgehead atoms. The average molecular weight is 533 g/mol. The number of hydrogen-bond acceptors (Lipinski definition) is 6. The highest BCUT2D eigenvalue weighted by Gasteiger charge is 2.30. The maximum atomic E-state index is 12.5. The van der Waals surface area contributed by atoms with Gasteiger partial charge < -0.3 is 15.0 Å². The van der Waals surface area contributed by atoms with Gasteiger partial charge in [0.05, 0.1) is 30.0 Å². The summed E-state index contributed by atoms with van der Waals surface area (Å²) >= 11 is 6.49. The molecule has 192 valence electrons. The highest BCUT2D eigenvalue weighted by atomic mass is 35.5. The van der Waals surface area contributed by atoms with E-state index in [0.29, 0.717) is 18.0 Å². The molecule has 5 rings (SSSR count). The molecule has 4 heterocycles. The van der Waals surface area contributed by atoms with Crippen LogP contribution in [0.15, 0.2) is 30.7 Å². The van der Waals surface area contributed by atoms with E-state index in [0.717, 1.165) is 53.0 Å². The number of aromatic nitrogens is 3. The zero-order chi connectivity index (χ0) is 24.7. The Morgan fingerprint density at radius 3 is 2.81 bits per heavy atom. The molecule has 2 fully saturated rings. The van der Waals surface area contributed by atoms with Gasteiger partial charge in [0.2, 0.25) is 5.91 Å². The lowest BCUT2D eigenvalue weighted by Crippen LogP contribution is -2.50. The fourth-order valence-corrected chi connectivity index (χ4v) is 5.17. The first-order chi connectivity index (χ1) is 16.8. The van der Waals surface area contributed by atoms with E-state index in [1.807, 2.05) is 24.4 Å². The van der Waals surface area contributed by atoms with Crippen molar-refractivity contribution in [2.75, 3.05) is 26.7 Å². The molecule has 2 atom stereocenters. The van der Waals surface area contributed by atoms with Crippen LogP contribution in [0.2, 0.25) is 5.02 Å². The molecule has 2 aromatic heterocycles. The normalized spacial score (nSPS) is 20.7. The van der Waals surface area contributed by atoms with E-state index in [2.05, 4.69) is 29.2 Å². The van der Waals surface area contributed by atoms with Crippen LogP contribution in [0.25, 0.3) is 16.8 Å². The summed E-state index contributed by atoms with van der Waals surface area (Å²) in [6.07, 6.45) is 4.60. The van der Waals surface area contributed by atoms with Gasteiger partial charge in [-0.3, -0.25) is 9.69 Å². The van der Waals surface area contributed by atoms with Gasteiger partial charge in [0, 0.05) is 56.3 Å². The summed E-state index contributed by atoms with van der Waals surface area (Å²) in [6, 6.07) is 5.55. The molecule has 11 heteroatoms. The number of carbonyl (C=O) groups excluding carboxylic acids is 2. The fraction of sp³-hybridized carbons (Fsp3) is 0.440. The number of aryl methyl sites for hydroxylation is 1. The number of nitrogens with one attached hydrogen (secondary N) is 1. The lowest BCUT2D eigenvalue weighted by Gasteiger charge is -2.31. The SMILES string of the molecule is Cc1cc(Cl)cc(-c2ncnn3cc(CN4C(=O)CCN(C)C4=O)cc23)c1CC1CNC[C@H](C)O1.Cl. The van der Waals surface area contributed by atoms with Gasteiger partial charge in [-0.1, -0.05) is 11.6 Å². The van der Waals surface area contributed by atoms with Gasteiger partial charge in [0.25, 0.3) is 0 Å². The molecule has 2 aliphatic rings. The van der Waals surface area contributed by atoms with Crippen molar-refractivity contribution in [3.05, 3.63) is 52.4 Å². The van der Waals surface area contributed by atoms with E-state index >= 15 is 0 Å². The predicted octanol–water partition coefficient (Wildman–Crippen LogP) is 3.48. The van der Waals surface area contributed by atoms with Crippen molar-refractivity contribution in [3.8, 4) is 11.3 Å². The van der Waals surface area contributed by atoms with E-state index in [4.69, 9.17) is 16.3 Å². The number of carbonyl (C=O) groups is 2. The van der Waals surface area contributed by atoms with Gasteiger partial charge >= 0.3 is 6.03 Å². The molecule has 0 saturated carbocycles. The molecular formula is C25H30Cl2N6O3. The topological polar surface area (TPSA) is 92.1 Å². The van der Waals surface area contributed by atoms with E-state index < -0.39 is 0 Å². The number of amides is 3. The predicted molar refractivity (Wildman–Crippen MR) is 140 cm³/mol. The molecule has 9 nitrogen and oxygen atoms in total. The highest BCUT2D eigenvalue weighted by Crippen LogP contribution is 2.33. The van der Waals surface area contributed by atoms with Gasteiger partial charge in [-0.25, -0.2) is 14.3 Å². The number of imide groups is 1. The quantitative estimate of drug-likeness (QED) is 0.540. The Morgan fingerprint density at radius 1 is 1.22 bits per heavy atom. The number of fused-ring (bicyclic) bond motifs is 1. The summed E-state index contributed by atoms with van der Waals surface area (Å²) in [7, 11) is 1.71. The van der Waals surface area contributed by atoms with Crippen molar-refractivity contribution < 1.29 is 14.3 Å². The van der Waals surface area contributed by atoms with Gasteiger partial charge in [0.15, 0.2) is 0 Å². The number of nitrogens with zero attached hydrogens (tertiary/aromatic N) is 5. The number of halogens is 2. The number of rotatable bonds is 5. The van der Waals surface area contributed by atoms with Crippen LogP contribution in [0.3, 0.4) is 0 Å². The second-order valence-corrected chi connectivity index (χ2v) is 9.84. The van der Waals surface area contributed by atoms with Crippen molar-refractivity contribution in [3.63, 3.8) is 0 Å². The summed E-state index contributed by atoms with van der Waals surface area (Å²) in [5, 5.41) is 8.44. The maximum Gasteiger partial charge on any atom is 0.326 e. The van der Waals surface area contributed by atoms with Crippen molar-refractivity contribution in [1.29, 1.82) is 0 Å². The summed E-state index contributed by atoms with van der Waals surface area (Å²) < 4.78 is 7.90. The molecule has 0 spiro atoms. The molecule has 1 unspecified atom stereocenters. The summed E-state index contributed by atoms with van der Waals surface area (Å²) in [4.78, 5) is 32.4. The molecule has 3 aromatic rings. The molecule has 2 saturated heterocycles. The molecule has 2 aliphatic heterocycles.